The summed E-state index contributed by atoms with van der Waals surface area (Å²) in [6, 6.07) is 0. The number of aryl methyl sites for hydroxylation is 1. The predicted octanol–water partition coefficient (Wildman–Crippen LogP) is 3.44. The topological polar surface area (TPSA) is 40.5 Å². The molecule has 0 aromatic carbocycles. The molecule has 1 aromatic rings. The summed E-state index contributed by atoms with van der Waals surface area (Å²) < 4.78 is 0. The van der Waals surface area contributed by atoms with E-state index in [1.807, 2.05) is 0 Å². The summed E-state index contributed by atoms with van der Waals surface area (Å²) >= 11 is 1.75. The number of likely N-dealkylation sites (tertiary alicyclic amines) is 1. The first kappa shape index (κ1) is 15.8. The molecule has 0 bridgehead atoms. The molecule has 3 rings (SSSR count). The van der Waals surface area contributed by atoms with Crippen molar-refractivity contribution in [3.8, 4) is 0 Å². The van der Waals surface area contributed by atoms with Gasteiger partial charge in [-0.05, 0) is 38.0 Å². The quantitative estimate of drug-likeness (QED) is 0.682. The number of nitrogens with one attached hydrogen (secondary N) is 1. The van der Waals surface area contributed by atoms with Gasteiger partial charge in [0.05, 0.1) is 17.2 Å². The minimum Gasteiger partial charge on any atom is -0.357 e. The van der Waals surface area contributed by atoms with Gasteiger partial charge < -0.3 is 10.2 Å². The molecule has 0 amide bonds. The summed E-state index contributed by atoms with van der Waals surface area (Å²) in [5.74, 6) is 1.08. The van der Waals surface area contributed by atoms with Gasteiger partial charge in [0.15, 0.2) is 5.96 Å². The zero-order chi connectivity index (χ0) is 15.4. The summed E-state index contributed by atoms with van der Waals surface area (Å²) in [7, 11) is 0. The number of hydrogen-bond donors (Lipinski definition) is 1. The van der Waals surface area contributed by atoms with Crippen LogP contribution in [0.4, 0.5) is 0 Å². The van der Waals surface area contributed by atoms with Gasteiger partial charge in [-0.1, -0.05) is 19.8 Å². The van der Waals surface area contributed by atoms with Crippen molar-refractivity contribution >= 4 is 17.3 Å². The molecule has 2 fully saturated rings. The molecule has 122 valence electrons. The van der Waals surface area contributed by atoms with Gasteiger partial charge in [0, 0.05) is 25.0 Å². The Morgan fingerprint density at radius 1 is 1.36 bits per heavy atom. The Hall–Kier alpha value is -1.10. The molecular weight excluding hydrogens is 292 g/mol. The number of hydrogen-bond acceptors (Lipinski definition) is 3. The van der Waals surface area contributed by atoms with E-state index < -0.39 is 0 Å². The standard InChI is InChI=1S/C17H28N4S/c1-3-15-20-14(12-22-15)11-19-16(18-4-2)21-10-9-17(13-21)7-5-6-8-17/h12H,3-11,13H2,1-2H3,(H,18,19). The first-order chi connectivity index (χ1) is 10.7. The van der Waals surface area contributed by atoms with Crippen molar-refractivity contribution in [2.45, 2.75) is 58.9 Å². The third kappa shape index (κ3) is 3.45. The van der Waals surface area contributed by atoms with Gasteiger partial charge in [-0.15, -0.1) is 11.3 Å². The lowest BCUT2D eigenvalue weighted by molar-refractivity contribution is 0.309. The van der Waals surface area contributed by atoms with Crippen LogP contribution in [-0.2, 0) is 13.0 Å². The molecule has 0 radical (unpaired) electrons. The second-order valence-corrected chi connectivity index (χ2v) is 7.58. The summed E-state index contributed by atoms with van der Waals surface area (Å²) in [4.78, 5) is 11.9. The van der Waals surface area contributed by atoms with Crippen LogP contribution in [0.25, 0.3) is 0 Å². The minimum absolute atomic E-state index is 0.589. The van der Waals surface area contributed by atoms with Crippen molar-refractivity contribution < 1.29 is 0 Å². The molecule has 1 aliphatic heterocycles. The zero-order valence-corrected chi connectivity index (χ0v) is 14.7. The van der Waals surface area contributed by atoms with E-state index in [0.717, 1.165) is 31.2 Å². The number of aliphatic imine (C=N–C) groups is 1. The molecule has 0 unspecified atom stereocenters. The number of rotatable bonds is 4. The van der Waals surface area contributed by atoms with Crippen LogP contribution in [0.1, 0.15) is 56.7 Å². The average Bonchev–Trinajstić information content (AvgIpc) is 3.26. The molecule has 2 heterocycles. The number of aromatic nitrogens is 1. The highest BCUT2D eigenvalue weighted by Crippen LogP contribution is 2.45. The Bertz CT molecular complexity index is 516. The summed E-state index contributed by atoms with van der Waals surface area (Å²) in [5.41, 5.74) is 1.69. The van der Waals surface area contributed by atoms with Gasteiger partial charge in [0.1, 0.15) is 0 Å². The molecule has 1 saturated carbocycles. The van der Waals surface area contributed by atoms with E-state index in [0.29, 0.717) is 12.0 Å². The van der Waals surface area contributed by atoms with Crippen molar-refractivity contribution in [2.24, 2.45) is 10.4 Å². The third-order valence-electron chi connectivity index (χ3n) is 5.03. The Morgan fingerprint density at radius 2 is 2.18 bits per heavy atom. The van der Waals surface area contributed by atoms with Crippen molar-refractivity contribution in [2.75, 3.05) is 19.6 Å². The lowest BCUT2D eigenvalue weighted by Gasteiger charge is -2.25. The maximum absolute atomic E-state index is 4.84. The summed E-state index contributed by atoms with van der Waals surface area (Å²) in [6.45, 7) is 8.28. The first-order valence-corrected chi connectivity index (χ1v) is 9.59. The largest absolute Gasteiger partial charge is 0.357 e. The molecule has 5 heteroatoms. The Labute approximate surface area is 138 Å². The zero-order valence-electron chi connectivity index (χ0n) is 13.9. The van der Waals surface area contributed by atoms with E-state index in [1.54, 1.807) is 11.3 Å². The van der Waals surface area contributed by atoms with Crippen LogP contribution < -0.4 is 5.32 Å². The van der Waals surface area contributed by atoms with Crippen LogP contribution in [-0.4, -0.2) is 35.5 Å². The van der Waals surface area contributed by atoms with Crippen LogP contribution in [0.5, 0.6) is 0 Å². The van der Waals surface area contributed by atoms with E-state index in [2.05, 4.69) is 34.4 Å². The lowest BCUT2D eigenvalue weighted by atomic mass is 9.86. The number of guanidine groups is 1. The van der Waals surface area contributed by atoms with Gasteiger partial charge in [-0.2, -0.15) is 0 Å². The highest BCUT2D eigenvalue weighted by molar-refractivity contribution is 7.09. The van der Waals surface area contributed by atoms with Crippen LogP contribution >= 0.6 is 11.3 Å². The Kier molecular flexibility index (Phi) is 5.01. The molecule has 4 nitrogen and oxygen atoms in total. The highest BCUT2D eigenvalue weighted by atomic mass is 32.1. The molecule has 0 atom stereocenters. The fraction of sp³-hybridized carbons (Fsp3) is 0.765. The Balaban J connectivity index is 1.65. The fourth-order valence-electron chi connectivity index (χ4n) is 3.81. The SMILES string of the molecule is CCNC(=NCc1csc(CC)n1)N1CCC2(CCCC2)C1. The van der Waals surface area contributed by atoms with Gasteiger partial charge in [-0.3, -0.25) is 0 Å². The predicted molar refractivity (Wildman–Crippen MR) is 93.4 cm³/mol. The second kappa shape index (κ2) is 6.99. The smallest absolute Gasteiger partial charge is 0.194 e. The molecule has 1 aromatic heterocycles. The molecule has 1 spiro atoms. The first-order valence-electron chi connectivity index (χ1n) is 8.71. The molecule has 1 N–H and O–H groups in total. The van der Waals surface area contributed by atoms with Gasteiger partial charge >= 0.3 is 0 Å². The van der Waals surface area contributed by atoms with Crippen LogP contribution in [0.3, 0.4) is 0 Å². The normalized spacial score (nSPS) is 21.0. The fourth-order valence-corrected chi connectivity index (χ4v) is 4.55. The van der Waals surface area contributed by atoms with E-state index >= 15 is 0 Å². The van der Waals surface area contributed by atoms with Crippen molar-refractivity contribution in [1.82, 2.24) is 15.2 Å². The Morgan fingerprint density at radius 3 is 2.86 bits per heavy atom. The van der Waals surface area contributed by atoms with Crippen molar-refractivity contribution in [3.05, 3.63) is 16.1 Å². The molecule has 22 heavy (non-hydrogen) atoms. The molecule has 1 aliphatic carbocycles. The van der Waals surface area contributed by atoms with Crippen LogP contribution in [0.15, 0.2) is 10.4 Å². The summed E-state index contributed by atoms with van der Waals surface area (Å²) in [6.07, 6.45) is 8.02. The van der Waals surface area contributed by atoms with Crippen molar-refractivity contribution in [1.29, 1.82) is 0 Å². The summed E-state index contributed by atoms with van der Waals surface area (Å²) in [5, 5.41) is 6.83. The second-order valence-electron chi connectivity index (χ2n) is 6.63. The number of thiazole rings is 1. The monoisotopic (exact) mass is 320 g/mol. The molecule has 2 aliphatic rings. The van der Waals surface area contributed by atoms with E-state index in [4.69, 9.17) is 4.99 Å². The van der Waals surface area contributed by atoms with Crippen LogP contribution in [0.2, 0.25) is 0 Å². The maximum Gasteiger partial charge on any atom is 0.194 e. The van der Waals surface area contributed by atoms with Gasteiger partial charge in [0.2, 0.25) is 0 Å². The maximum atomic E-state index is 4.84. The van der Waals surface area contributed by atoms with Crippen LogP contribution in [0, 0.1) is 5.41 Å². The van der Waals surface area contributed by atoms with E-state index in [9.17, 15) is 0 Å². The lowest BCUT2D eigenvalue weighted by Crippen LogP contribution is -2.41. The van der Waals surface area contributed by atoms with E-state index in [1.165, 1.54) is 43.7 Å². The third-order valence-corrected chi connectivity index (χ3v) is 6.07. The van der Waals surface area contributed by atoms with Gasteiger partial charge in [0.25, 0.3) is 0 Å². The highest BCUT2D eigenvalue weighted by Gasteiger charge is 2.41. The van der Waals surface area contributed by atoms with Gasteiger partial charge in [-0.25, -0.2) is 9.98 Å². The van der Waals surface area contributed by atoms with Crippen molar-refractivity contribution in [3.63, 3.8) is 0 Å². The number of nitrogens with zero attached hydrogens (tertiary/aromatic N) is 3. The average molecular weight is 321 g/mol. The van der Waals surface area contributed by atoms with E-state index in [-0.39, 0.29) is 0 Å². The minimum atomic E-state index is 0.589. The molecular formula is C17H28N4S. The molecule has 1 saturated heterocycles.